The first-order valence-electron chi connectivity index (χ1n) is 4.00. The van der Waals surface area contributed by atoms with Crippen LogP contribution in [-0.4, -0.2) is 29.2 Å². The summed E-state index contributed by atoms with van der Waals surface area (Å²) in [7, 11) is 0. The largest absolute Gasteiger partial charge is 0.396 e. The number of aliphatic hydroxyl groups excluding tert-OH is 2. The topological polar surface area (TPSA) is 57.5 Å². The molecule has 1 aliphatic rings. The van der Waals surface area contributed by atoms with Crippen molar-refractivity contribution in [1.82, 2.24) is 0 Å². The first-order chi connectivity index (χ1) is 5.27. The van der Waals surface area contributed by atoms with Gasteiger partial charge >= 0.3 is 0 Å². The van der Waals surface area contributed by atoms with E-state index in [1.54, 1.807) is 0 Å². The number of hydrogen-bond acceptors (Lipinski definition) is 3. The number of rotatable bonds is 3. The second-order valence-corrected chi connectivity index (χ2v) is 3.23. The van der Waals surface area contributed by atoms with Crippen LogP contribution in [0, 0.1) is 11.8 Å². The number of carbonyl (C=O) groups excluding carboxylic acids is 1. The van der Waals surface area contributed by atoms with Crippen molar-refractivity contribution in [3.63, 3.8) is 0 Å². The normalized spacial score (nSPS) is 37.5. The van der Waals surface area contributed by atoms with Gasteiger partial charge in [0.15, 0.2) is 0 Å². The second-order valence-electron chi connectivity index (χ2n) is 3.23. The molecule has 0 bridgehead atoms. The van der Waals surface area contributed by atoms with Crippen LogP contribution in [0.2, 0.25) is 0 Å². The third-order valence-electron chi connectivity index (χ3n) is 2.45. The number of hydrogen-bond donors (Lipinski definition) is 2. The molecular formula is C8H14O3. The third-order valence-corrected chi connectivity index (χ3v) is 2.45. The van der Waals surface area contributed by atoms with E-state index in [1.807, 2.05) is 0 Å². The summed E-state index contributed by atoms with van der Waals surface area (Å²) >= 11 is 0. The van der Waals surface area contributed by atoms with Gasteiger partial charge in [-0.15, -0.1) is 0 Å². The predicted octanol–water partition coefficient (Wildman–Crippen LogP) is -0.0452. The Morgan fingerprint density at radius 2 is 2.00 bits per heavy atom. The molecule has 0 aromatic heterocycles. The molecule has 0 saturated heterocycles. The lowest BCUT2D eigenvalue weighted by Crippen LogP contribution is -2.12. The van der Waals surface area contributed by atoms with Gasteiger partial charge in [0.25, 0.3) is 0 Å². The summed E-state index contributed by atoms with van der Waals surface area (Å²) in [5.41, 5.74) is 0. The van der Waals surface area contributed by atoms with E-state index in [0.29, 0.717) is 19.3 Å². The fraction of sp³-hybridized carbons (Fsp3) is 0.875. The van der Waals surface area contributed by atoms with Gasteiger partial charge < -0.3 is 15.0 Å². The van der Waals surface area contributed by atoms with Gasteiger partial charge in [-0.05, 0) is 24.7 Å². The molecule has 0 heterocycles. The Kier molecular flexibility index (Phi) is 3.02. The Hall–Kier alpha value is -0.410. The van der Waals surface area contributed by atoms with E-state index in [1.165, 1.54) is 0 Å². The Balaban J connectivity index is 2.43. The molecule has 0 unspecified atom stereocenters. The molecule has 0 radical (unpaired) electrons. The van der Waals surface area contributed by atoms with Crippen LogP contribution in [0.1, 0.15) is 19.3 Å². The average molecular weight is 158 g/mol. The molecule has 1 fully saturated rings. The lowest BCUT2D eigenvalue weighted by Gasteiger charge is -2.12. The van der Waals surface area contributed by atoms with Crippen molar-refractivity contribution < 1.29 is 15.0 Å². The molecule has 3 atom stereocenters. The Labute approximate surface area is 66.0 Å². The zero-order chi connectivity index (χ0) is 8.27. The van der Waals surface area contributed by atoms with E-state index in [2.05, 4.69) is 0 Å². The van der Waals surface area contributed by atoms with Gasteiger partial charge in [-0.25, -0.2) is 0 Å². The summed E-state index contributed by atoms with van der Waals surface area (Å²) in [4.78, 5) is 10.2. The molecule has 3 nitrogen and oxygen atoms in total. The molecule has 64 valence electrons. The zero-order valence-corrected chi connectivity index (χ0v) is 6.44. The highest BCUT2D eigenvalue weighted by molar-refractivity contribution is 5.49. The molecule has 1 aliphatic carbocycles. The first-order valence-corrected chi connectivity index (χ1v) is 4.00. The van der Waals surface area contributed by atoms with Crippen molar-refractivity contribution in [3.05, 3.63) is 0 Å². The molecule has 0 amide bonds. The van der Waals surface area contributed by atoms with Crippen LogP contribution in [0.4, 0.5) is 0 Å². The van der Waals surface area contributed by atoms with Crippen LogP contribution in [0.3, 0.4) is 0 Å². The van der Waals surface area contributed by atoms with Gasteiger partial charge in [0, 0.05) is 13.0 Å². The minimum Gasteiger partial charge on any atom is -0.396 e. The molecule has 3 heteroatoms. The number of aldehydes is 1. The molecular weight excluding hydrogens is 144 g/mol. The fourth-order valence-corrected chi connectivity index (χ4v) is 1.82. The third kappa shape index (κ3) is 2.01. The van der Waals surface area contributed by atoms with Crippen LogP contribution in [-0.2, 0) is 4.79 Å². The van der Waals surface area contributed by atoms with Gasteiger partial charge in [0.2, 0.25) is 0 Å². The minimum absolute atomic E-state index is 0.0928. The second kappa shape index (κ2) is 3.83. The van der Waals surface area contributed by atoms with Crippen molar-refractivity contribution in [3.8, 4) is 0 Å². The molecule has 0 spiro atoms. The SMILES string of the molecule is O=CC[C@H]1C[C@@H](O)C[C@H]1CO. The van der Waals surface area contributed by atoms with E-state index in [4.69, 9.17) is 5.11 Å². The van der Waals surface area contributed by atoms with E-state index >= 15 is 0 Å². The summed E-state index contributed by atoms with van der Waals surface area (Å²) in [5.74, 6) is 0.336. The van der Waals surface area contributed by atoms with Gasteiger partial charge in [-0.2, -0.15) is 0 Å². The van der Waals surface area contributed by atoms with Crippen molar-refractivity contribution in [2.75, 3.05) is 6.61 Å². The van der Waals surface area contributed by atoms with Crippen LogP contribution >= 0.6 is 0 Å². The van der Waals surface area contributed by atoms with E-state index in [-0.39, 0.29) is 24.5 Å². The summed E-state index contributed by atoms with van der Waals surface area (Å²) < 4.78 is 0. The van der Waals surface area contributed by atoms with Crippen LogP contribution in [0.15, 0.2) is 0 Å². The molecule has 2 N–H and O–H groups in total. The number of carbonyl (C=O) groups is 1. The minimum atomic E-state index is -0.308. The molecule has 1 saturated carbocycles. The van der Waals surface area contributed by atoms with Crippen LogP contribution in [0.25, 0.3) is 0 Å². The van der Waals surface area contributed by atoms with E-state index in [9.17, 15) is 9.90 Å². The lowest BCUT2D eigenvalue weighted by atomic mass is 9.94. The van der Waals surface area contributed by atoms with Crippen molar-refractivity contribution >= 4 is 6.29 Å². The monoisotopic (exact) mass is 158 g/mol. The molecule has 0 aromatic rings. The van der Waals surface area contributed by atoms with Gasteiger partial charge in [0.1, 0.15) is 6.29 Å². The van der Waals surface area contributed by atoms with Crippen molar-refractivity contribution in [2.45, 2.75) is 25.4 Å². The van der Waals surface area contributed by atoms with Gasteiger partial charge in [0.05, 0.1) is 6.10 Å². The van der Waals surface area contributed by atoms with Crippen LogP contribution < -0.4 is 0 Å². The standard InChI is InChI=1S/C8H14O3/c9-2-1-6-3-8(11)4-7(6)5-10/h2,6-8,10-11H,1,3-5H2/t6-,7-,8+/m0/s1. The maximum atomic E-state index is 10.2. The summed E-state index contributed by atoms with van der Waals surface area (Å²) in [6, 6.07) is 0. The fourth-order valence-electron chi connectivity index (χ4n) is 1.82. The first kappa shape index (κ1) is 8.68. The number of aliphatic hydroxyl groups is 2. The predicted molar refractivity (Wildman–Crippen MR) is 40.0 cm³/mol. The molecule has 11 heavy (non-hydrogen) atoms. The van der Waals surface area contributed by atoms with E-state index in [0.717, 1.165) is 6.29 Å². The molecule has 0 aliphatic heterocycles. The summed E-state index contributed by atoms with van der Waals surface area (Å²) in [6.07, 6.45) is 2.35. The Morgan fingerprint density at radius 1 is 1.36 bits per heavy atom. The summed E-state index contributed by atoms with van der Waals surface area (Å²) in [6.45, 7) is 0.0928. The van der Waals surface area contributed by atoms with Crippen molar-refractivity contribution in [2.24, 2.45) is 11.8 Å². The highest BCUT2D eigenvalue weighted by Gasteiger charge is 2.31. The van der Waals surface area contributed by atoms with Crippen LogP contribution in [0.5, 0.6) is 0 Å². The molecule has 0 aromatic carbocycles. The average Bonchev–Trinajstić information content (AvgIpc) is 2.32. The summed E-state index contributed by atoms with van der Waals surface area (Å²) in [5, 5.41) is 18.1. The Bertz CT molecular complexity index is 135. The van der Waals surface area contributed by atoms with E-state index < -0.39 is 0 Å². The highest BCUT2D eigenvalue weighted by atomic mass is 16.3. The maximum absolute atomic E-state index is 10.2. The lowest BCUT2D eigenvalue weighted by molar-refractivity contribution is -0.108. The van der Waals surface area contributed by atoms with Gasteiger partial charge in [-0.1, -0.05) is 0 Å². The quantitative estimate of drug-likeness (QED) is 0.566. The van der Waals surface area contributed by atoms with Gasteiger partial charge in [-0.3, -0.25) is 0 Å². The zero-order valence-electron chi connectivity index (χ0n) is 6.44. The van der Waals surface area contributed by atoms with Crippen molar-refractivity contribution in [1.29, 1.82) is 0 Å². The molecule has 1 rings (SSSR count). The Morgan fingerprint density at radius 3 is 2.55 bits per heavy atom. The maximum Gasteiger partial charge on any atom is 0.120 e. The smallest absolute Gasteiger partial charge is 0.120 e. The highest BCUT2D eigenvalue weighted by Crippen LogP contribution is 2.33.